The Hall–Kier alpha value is -2.65. The maximum absolute atomic E-state index is 5.47. The normalized spacial score (nSPS) is 22.7. The third-order valence-corrected chi connectivity index (χ3v) is 8.28. The van der Waals surface area contributed by atoms with Crippen molar-refractivity contribution in [2.45, 2.75) is 30.3 Å². The van der Waals surface area contributed by atoms with Crippen molar-refractivity contribution in [1.29, 1.82) is 0 Å². The minimum absolute atomic E-state index is 0.366. The second kappa shape index (κ2) is 7.45. The van der Waals surface area contributed by atoms with Crippen LogP contribution >= 0.6 is 11.8 Å². The van der Waals surface area contributed by atoms with E-state index in [2.05, 4.69) is 43.4 Å². The Morgan fingerprint density at radius 2 is 2.16 bits per heavy atom. The molecule has 6 rings (SSSR count). The summed E-state index contributed by atoms with van der Waals surface area (Å²) in [5.74, 6) is 3.25. The topological polar surface area (TPSA) is 77.8 Å². The Kier molecular flexibility index (Phi) is 4.65. The summed E-state index contributed by atoms with van der Waals surface area (Å²) >= 11 is 1.76. The summed E-state index contributed by atoms with van der Waals surface area (Å²) in [6, 6.07) is 6.92. The van der Waals surface area contributed by atoms with Crippen molar-refractivity contribution >= 4 is 22.7 Å². The van der Waals surface area contributed by atoms with Gasteiger partial charge in [0.1, 0.15) is 0 Å². The van der Waals surface area contributed by atoms with Crippen LogP contribution in [0, 0.1) is 12.8 Å². The molecule has 2 atom stereocenters. The minimum Gasteiger partial charge on any atom is -0.440 e. The number of fused-ring (bicyclic) bond motifs is 2. The molecule has 4 heterocycles. The number of aromatic nitrogens is 6. The molecule has 2 fully saturated rings. The molecule has 0 radical (unpaired) electrons. The fourth-order valence-electron chi connectivity index (χ4n) is 5.28. The van der Waals surface area contributed by atoms with E-state index < -0.39 is 0 Å². The van der Waals surface area contributed by atoms with Crippen LogP contribution < -0.4 is 0 Å². The van der Waals surface area contributed by atoms with Gasteiger partial charge in [0.2, 0.25) is 5.82 Å². The molecule has 1 aliphatic heterocycles. The van der Waals surface area contributed by atoms with Crippen LogP contribution in [0.2, 0.25) is 0 Å². The summed E-state index contributed by atoms with van der Waals surface area (Å²) in [6.45, 7) is 5.44. The van der Waals surface area contributed by atoms with E-state index in [1.165, 1.54) is 42.4 Å². The first-order valence-electron chi connectivity index (χ1n) is 11.1. The third-order valence-electron chi connectivity index (χ3n) is 7.17. The molecule has 1 aromatic carbocycles. The Balaban J connectivity index is 1.04. The molecule has 1 saturated heterocycles. The molecule has 1 aliphatic carbocycles. The lowest BCUT2D eigenvalue weighted by Gasteiger charge is -2.21. The van der Waals surface area contributed by atoms with E-state index in [0.29, 0.717) is 11.2 Å². The molecule has 9 heteroatoms. The second-order valence-electron chi connectivity index (χ2n) is 9.17. The van der Waals surface area contributed by atoms with Crippen LogP contribution in [0.4, 0.5) is 0 Å². The molecule has 0 unspecified atom stereocenters. The van der Waals surface area contributed by atoms with E-state index in [1.54, 1.807) is 11.8 Å². The van der Waals surface area contributed by atoms with Crippen molar-refractivity contribution in [1.82, 2.24) is 34.4 Å². The van der Waals surface area contributed by atoms with E-state index in [-0.39, 0.29) is 0 Å². The van der Waals surface area contributed by atoms with Crippen LogP contribution in [-0.2, 0) is 19.5 Å². The summed E-state index contributed by atoms with van der Waals surface area (Å²) in [4.78, 5) is 6.79. The fraction of sp³-hybridized carbons (Fsp3) is 0.478. The highest BCUT2D eigenvalue weighted by Crippen LogP contribution is 2.59. The average molecular weight is 450 g/mol. The maximum atomic E-state index is 5.47. The van der Waals surface area contributed by atoms with Crippen molar-refractivity contribution in [2.75, 3.05) is 25.4 Å². The smallest absolute Gasteiger partial charge is 0.202 e. The quantitative estimate of drug-likeness (QED) is 0.316. The van der Waals surface area contributed by atoms with E-state index in [1.807, 2.05) is 36.5 Å². The summed E-state index contributed by atoms with van der Waals surface area (Å²) in [5.41, 5.74) is 3.90. The number of oxazole rings is 1. The Bertz CT molecular complexity index is 1290. The van der Waals surface area contributed by atoms with E-state index >= 15 is 0 Å². The highest BCUT2D eigenvalue weighted by molar-refractivity contribution is 7.99. The lowest BCUT2D eigenvalue weighted by atomic mass is 9.94. The van der Waals surface area contributed by atoms with E-state index in [0.717, 1.165) is 41.3 Å². The highest BCUT2D eigenvalue weighted by atomic mass is 32.2. The summed E-state index contributed by atoms with van der Waals surface area (Å²) < 4.78 is 9.41. The number of nitrogens with zero attached hydrogens (tertiary/aromatic N) is 7. The van der Waals surface area contributed by atoms with Crippen LogP contribution in [0.5, 0.6) is 0 Å². The number of likely N-dealkylation sites (tertiary alicyclic amines) is 1. The Morgan fingerprint density at radius 3 is 3.00 bits per heavy atom. The predicted molar refractivity (Wildman–Crippen MR) is 124 cm³/mol. The fourth-order valence-corrected chi connectivity index (χ4v) is 6.12. The number of hydrogen-bond donors (Lipinski definition) is 0. The monoisotopic (exact) mass is 449 g/mol. The number of benzene rings is 1. The van der Waals surface area contributed by atoms with Gasteiger partial charge in [0.15, 0.2) is 17.3 Å². The molecule has 166 valence electrons. The molecule has 1 saturated carbocycles. The van der Waals surface area contributed by atoms with Crippen molar-refractivity contribution in [3.05, 3.63) is 42.0 Å². The minimum atomic E-state index is 0.366. The van der Waals surface area contributed by atoms with Gasteiger partial charge in [0.05, 0.1) is 17.4 Å². The number of thioether (sulfide) groups is 1. The van der Waals surface area contributed by atoms with E-state index in [4.69, 9.17) is 4.42 Å². The molecule has 32 heavy (non-hydrogen) atoms. The first-order chi connectivity index (χ1) is 15.5. The molecule has 8 nitrogen and oxygen atoms in total. The molecule has 0 bridgehead atoms. The van der Waals surface area contributed by atoms with Crippen LogP contribution in [-0.4, -0.2) is 59.8 Å². The Morgan fingerprint density at radius 1 is 1.25 bits per heavy atom. The molecule has 0 amide bonds. The molecule has 4 aromatic rings. The largest absolute Gasteiger partial charge is 0.440 e. The van der Waals surface area contributed by atoms with Gasteiger partial charge in [-0.2, -0.15) is 5.10 Å². The summed E-state index contributed by atoms with van der Waals surface area (Å²) in [5, 5.41) is 15.2. The van der Waals surface area contributed by atoms with Crippen molar-refractivity contribution < 1.29 is 4.42 Å². The van der Waals surface area contributed by atoms with Gasteiger partial charge in [0.25, 0.3) is 0 Å². The molecule has 0 N–H and O–H groups in total. The zero-order chi connectivity index (χ0) is 21.9. The van der Waals surface area contributed by atoms with Crippen molar-refractivity contribution in [2.24, 2.45) is 20.0 Å². The molecular weight excluding hydrogens is 422 g/mol. The number of hydrogen-bond acceptors (Lipinski definition) is 7. The van der Waals surface area contributed by atoms with Gasteiger partial charge in [-0.05, 0) is 49.9 Å². The van der Waals surface area contributed by atoms with Gasteiger partial charge in [-0.1, -0.05) is 17.8 Å². The average Bonchev–Trinajstić information content (AvgIpc) is 3.21. The second-order valence-corrected chi connectivity index (χ2v) is 10.2. The SMILES string of the molecule is Cc1ncoc1-c1nnc(SCCCN2C[C@H]3C[C@@]3(c3ccc4c(cnn4C)c3)C2)n1C. The lowest BCUT2D eigenvalue weighted by Crippen LogP contribution is -2.27. The standard InChI is InChI=1S/C23H27N7OS/c1-15-20(31-14-24-15)21-26-27-22(28(21)2)32-8-4-7-30-12-18-10-23(18,13-30)17-5-6-19-16(9-17)11-25-29(19)3/h5-6,9,11,14,18H,4,7-8,10,12-13H2,1-3H3/t18-,23+/m1/s1. The third kappa shape index (κ3) is 3.17. The number of rotatable bonds is 7. The van der Waals surface area contributed by atoms with Gasteiger partial charge < -0.3 is 13.9 Å². The van der Waals surface area contributed by atoms with Crippen LogP contribution in [0.3, 0.4) is 0 Å². The maximum Gasteiger partial charge on any atom is 0.202 e. The zero-order valence-electron chi connectivity index (χ0n) is 18.7. The van der Waals surface area contributed by atoms with Gasteiger partial charge in [-0.25, -0.2) is 4.98 Å². The van der Waals surface area contributed by atoms with Crippen LogP contribution in [0.1, 0.15) is 24.1 Å². The van der Waals surface area contributed by atoms with Gasteiger partial charge in [-0.3, -0.25) is 4.68 Å². The van der Waals surface area contributed by atoms with Crippen molar-refractivity contribution in [3.63, 3.8) is 0 Å². The van der Waals surface area contributed by atoms with Gasteiger partial charge >= 0.3 is 0 Å². The molecule has 3 aromatic heterocycles. The number of aryl methyl sites for hydroxylation is 2. The summed E-state index contributed by atoms with van der Waals surface area (Å²) in [6.07, 6.45) is 5.90. The van der Waals surface area contributed by atoms with E-state index in [9.17, 15) is 0 Å². The van der Waals surface area contributed by atoms with Gasteiger partial charge in [-0.15, -0.1) is 10.2 Å². The highest BCUT2D eigenvalue weighted by Gasteiger charge is 2.60. The van der Waals surface area contributed by atoms with Crippen LogP contribution in [0.25, 0.3) is 22.5 Å². The molecule has 2 aliphatic rings. The first-order valence-corrected chi connectivity index (χ1v) is 12.1. The van der Waals surface area contributed by atoms with Gasteiger partial charge in [0, 0.05) is 43.7 Å². The molecular formula is C23H27N7OS. The first kappa shape index (κ1) is 20.0. The van der Waals surface area contributed by atoms with Crippen molar-refractivity contribution in [3.8, 4) is 11.6 Å². The van der Waals surface area contributed by atoms with Crippen LogP contribution in [0.15, 0.2) is 40.4 Å². The predicted octanol–water partition coefficient (Wildman–Crippen LogP) is 3.42. The lowest BCUT2D eigenvalue weighted by molar-refractivity contribution is 0.299. The summed E-state index contributed by atoms with van der Waals surface area (Å²) in [7, 11) is 3.99. The number of piperidine rings is 1. The Labute approximate surface area is 191 Å². The zero-order valence-corrected chi connectivity index (χ0v) is 19.5. The molecule has 0 spiro atoms.